The minimum absolute atomic E-state index is 0.613. The van der Waals surface area contributed by atoms with E-state index in [1.165, 1.54) is 11.3 Å². The van der Waals surface area contributed by atoms with Crippen LogP contribution in [0.15, 0.2) is 18.2 Å². The second kappa shape index (κ2) is 5.53. The number of hydrogen-bond donors (Lipinski definition) is 1. The fourth-order valence-electron chi connectivity index (χ4n) is 2.03. The first-order valence-electron chi connectivity index (χ1n) is 6.09. The standard InChI is InChI=1S/C14H18ClN3O/c1-9-12(10(2)18(3)17-9)8-16-11-5-6-13(15)14(7-11)19-4/h5-7,16H,8H2,1-4H3. The average molecular weight is 280 g/mol. The van der Waals surface area contributed by atoms with Gasteiger partial charge in [-0.3, -0.25) is 4.68 Å². The van der Waals surface area contributed by atoms with Gasteiger partial charge in [0.05, 0.1) is 17.8 Å². The lowest BCUT2D eigenvalue weighted by Crippen LogP contribution is -2.02. The van der Waals surface area contributed by atoms with Gasteiger partial charge in [-0.2, -0.15) is 5.10 Å². The Hall–Kier alpha value is -1.68. The van der Waals surface area contributed by atoms with Gasteiger partial charge < -0.3 is 10.1 Å². The van der Waals surface area contributed by atoms with Gasteiger partial charge in [-0.05, 0) is 26.0 Å². The van der Waals surface area contributed by atoms with E-state index in [1.54, 1.807) is 7.11 Å². The molecule has 5 heteroatoms. The summed E-state index contributed by atoms with van der Waals surface area (Å²) < 4.78 is 7.10. The molecule has 0 saturated heterocycles. The summed E-state index contributed by atoms with van der Waals surface area (Å²) in [5.41, 5.74) is 4.42. The first-order valence-corrected chi connectivity index (χ1v) is 6.47. The van der Waals surface area contributed by atoms with Gasteiger partial charge in [-0.25, -0.2) is 0 Å². The highest BCUT2D eigenvalue weighted by molar-refractivity contribution is 6.32. The number of halogens is 1. The van der Waals surface area contributed by atoms with Gasteiger partial charge in [0.1, 0.15) is 5.75 Å². The van der Waals surface area contributed by atoms with Gasteiger partial charge >= 0.3 is 0 Å². The third kappa shape index (κ3) is 2.84. The summed E-state index contributed by atoms with van der Waals surface area (Å²) in [7, 11) is 3.57. The summed E-state index contributed by atoms with van der Waals surface area (Å²) in [6.45, 7) is 4.82. The number of aryl methyl sites for hydroxylation is 2. The highest BCUT2D eigenvalue weighted by Gasteiger charge is 2.09. The highest BCUT2D eigenvalue weighted by atomic mass is 35.5. The first-order chi connectivity index (χ1) is 9.02. The topological polar surface area (TPSA) is 39.1 Å². The maximum atomic E-state index is 6.00. The van der Waals surface area contributed by atoms with E-state index in [0.29, 0.717) is 10.8 Å². The van der Waals surface area contributed by atoms with Crippen LogP contribution in [-0.4, -0.2) is 16.9 Å². The van der Waals surface area contributed by atoms with Crippen LogP contribution in [0.25, 0.3) is 0 Å². The van der Waals surface area contributed by atoms with Crippen molar-refractivity contribution in [3.8, 4) is 5.75 Å². The number of aromatic nitrogens is 2. The molecule has 1 heterocycles. The molecule has 0 fully saturated rings. The Morgan fingerprint density at radius 1 is 1.37 bits per heavy atom. The zero-order valence-electron chi connectivity index (χ0n) is 11.6. The maximum absolute atomic E-state index is 6.00. The van der Waals surface area contributed by atoms with Gasteiger partial charge in [0.2, 0.25) is 0 Å². The summed E-state index contributed by atoms with van der Waals surface area (Å²) in [5, 5.41) is 8.38. The van der Waals surface area contributed by atoms with E-state index in [4.69, 9.17) is 16.3 Å². The van der Waals surface area contributed by atoms with Crippen molar-refractivity contribution < 1.29 is 4.74 Å². The monoisotopic (exact) mass is 279 g/mol. The second-order valence-electron chi connectivity index (χ2n) is 4.48. The SMILES string of the molecule is COc1cc(NCc2c(C)nn(C)c2C)ccc1Cl. The van der Waals surface area contributed by atoms with Crippen LogP contribution in [0.1, 0.15) is 17.0 Å². The van der Waals surface area contributed by atoms with E-state index in [1.807, 2.05) is 36.9 Å². The van der Waals surface area contributed by atoms with E-state index < -0.39 is 0 Å². The van der Waals surface area contributed by atoms with Crippen LogP contribution >= 0.6 is 11.6 Å². The number of nitrogens with one attached hydrogen (secondary N) is 1. The smallest absolute Gasteiger partial charge is 0.139 e. The number of anilines is 1. The Morgan fingerprint density at radius 3 is 2.68 bits per heavy atom. The molecular weight excluding hydrogens is 262 g/mol. The third-order valence-corrected chi connectivity index (χ3v) is 3.59. The molecule has 1 N–H and O–H groups in total. The predicted octanol–water partition coefficient (Wildman–Crippen LogP) is 3.31. The molecule has 0 saturated carbocycles. The molecular formula is C14H18ClN3O. The van der Waals surface area contributed by atoms with Crippen molar-refractivity contribution in [2.45, 2.75) is 20.4 Å². The van der Waals surface area contributed by atoms with Crippen LogP contribution in [0, 0.1) is 13.8 Å². The Kier molecular flexibility index (Phi) is 4.00. The van der Waals surface area contributed by atoms with Crippen molar-refractivity contribution in [1.29, 1.82) is 0 Å². The zero-order valence-corrected chi connectivity index (χ0v) is 12.4. The molecule has 0 atom stereocenters. The lowest BCUT2D eigenvalue weighted by Gasteiger charge is -2.09. The molecule has 4 nitrogen and oxygen atoms in total. The van der Waals surface area contributed by atoms with Gasteiger partial charge in [0.25, 0.3) is 0 Å². The van der Waals surface area contributed by atoms with E-state index in [0.717, 1.165) is 17.9 Å². The fourth-order valence-corrected chi connectivity index (χ4v) is 2.23. The number of benzene rings is 1. The van der Waals surface area contributed by atoms with Gasteiger partial charge in [-0.15, -0.1) is 0 Å². The maximum Gasteiger partial charge on any atom is 0.139 e. The highest BCUT2D eigenvalue weighted by Crippen LogP contribution is 2.27. The van der Waals surface area contributed by atoms with Crippen molar-refractivity contribution in [2.75, 3.05) is 12.4 Å². The Morgan fingerprint density at radius 2 is 2.11 bits per heavy atom. The van der Waals surface area contributed by atoms with Crippen molar-refractivity contribution >= 4 is 17.3 Å². The normalized spacial score (nSPS) is 10.6. The van der Waals surface area contributed by atoms with E-state index in [-0.39, 0.29) is 0 Å². The molecule has 1 aromatic heterocycles. The summed E-state index contributed by atoms with van der Waals surface area (Å²) in [5.74, 6) is 0.672. The number of ether oxygens (including phenoxy) is 1. The lowest BCUT2D eigenvalue weighted by molar-refractivity contribution is 0.415. The van der Waals surface area contributed by atoms with E-state index >= 15 is 0 Å². The van der Waals surface area contributed by atoms with Gasteiger partial charge in [0.15, 0.2) is 0 Å². The largest absolute Gasteiger partial charge is 0.495 e. The summed E-state index contributed by atoms with van der Waals surface area (Å²) >= 11 is 6.00. The Bertz CT molecular complexity index is 593. The molecule has 2 rings (SSSR count). The van der Waals surface area contributed by atoms with Crippen LogP contribution in [0.3, 0.4) is 0 Å². The number of hydrogen-bond acceptors (Lipinski definition) is 3. The molecule has 19 heavy (non-hydrogen) atoms. The van der Waals surface area contributed by atoms with E-state index in [2.05, 4.69) is 17.3 Å². The van der Waals surface area contributed by atoms with Gasteiger partial charge in [0, 0.05) is 36.6 Å². The molecule has 0 aliphatic heterocycles. The van der Waals surface area contributed by atoms with Gasteiger partial charge in [-0.1, -0.05) is 11.6 Å². The molecule has 0 unspecified atom stereocenters. The predicted molar refractivity (Wildman–Crippen MR) is 78.0 cm³/mol. The second-order valence-corrected chi connectivity index (χ2v) is 4.88. The van der Waals surface area contributed by atoms with Crippen molar-refractivity contribution in [2.24, 2.45) is 7.05 Å². The lowest BCUT2D eigenvalue weighted by atomic mass is 10.2. The van der Waals surface area contributed by atoms with Crippen LogP contribution in [-0.2, 0) is 13.6 Å². The average Bonchev–Trinajstić information content (AvgIpc) is 2.63. The summed E-state index contributed by atoms with van der Waals surface area (Å²) in [6.07, 6.45) is 0. The minimum atomic E-state index is 0.613. The summed E-state index contributed by atoms with van der Waals surface area (Å²) in [6, 6.07) is 5.65. The molecule has 2 aromatic rings. The minimum Gasteiger partial charge on any atom is -0.495 e. The van der Waals surface area contributed by atoms with Crippen LogP contribution in [0.2, 0.25) is 5.02 Å². The molecule has 0 spiro atoms. The number of rotatable bonds is 4. The van der Waals surface area contributed by atoms with Crippen molar-refractivity contribution in [1.82, 2.24) is 9.78 Å². The molecule has 1 aromatic carbocycles. The number of nitrogens with zero attached hydrogens (tertiary/aromatic N) is 2. The molecule has 0 bridgehead atoms. The van der Waals surface area contributed by atoms with Crippen LogP contribution < -0.4 is 10.1 Å². The third-order valence-electron chi connectivity index (χ3n) is 3.28. The number of methoxy groups -OCH3 is 1. The zero-order chi connectivity index (χ0) is 14.0. The van der Waals surface area contributed by atoms with Crippen molar-refractivity contribution in [3.05, 3.63) is 40.2 Å². The molecule has 0 amide bonds. The fraction of sp³-hybridized carbons (Fsp3) is 0.357. The Labute approximate surface area is 118 Å². The quantitative estimate of drug-likeness (QED) is 0.933. The molecule has 0 radical (unpaired) electrons. The van der Waals surface area contributed by atoms with E-state index in [9.17, 15) is 0 Å². The molecule has 102 valence electrons. The van der Waals surface area contributed by atoms with Crippen LogP contribution in [0.5, 0.6) is 5.75 Å². The molecule has 0 aliphatic carbocycles. The Balaban J connectivity index is 2.14. The van der Waals surface area contributed by atoms with Crippen LogP contribution in [0.4, 0.5) is 5.69 Å². The van der Waals surface area contributed by atoms with Crippen molar-refractivity contribution in [3.63, 3.8) is 0 Å². The molecule has 0 aliphatic rings. The summed E-state index contributed by atoms with van der Waals surface area (Å²) in [4.78, 5) is 0. The first kappa shape index (κ1) is 13.7.